The Hall–Kier alpha value is -2.86. The Balaban J connectivity index is 2.25. The van der Waals surface area contributed by atoms with Gasteiger partial charge in [0.1, 0.15) is 11.6 Å². The molecule has 0 aliphatic heterocycles. The van der Waals surface area contributed by atoms with Crippen LogP contribution in [0.2, 0.25) is 0 Å². The lowest BCUT2D eigenvalue weighted by Crippen LogP contribution is -2.21. The van der Waals surface area contributed by atoms with Gasteiger partial charge in [-0.25, -0.2) is 0 Å². The summed E-state index contributed by atoms with van der Waals surface area (Å²) >= 11 is 0. The van der Waals surface area contributed by atoms with Gasteiger partial charge in [-0.2, -0.15) is 5.26 Å². The highest BCUT2D eigenvalue weighted by Gasteiger charge is 2.11. The highest BCUT2D eigenvalue weighted by molar-refractivity contribution is 6.14. The van der Waals surface area contributed by atoms with Crippen molar-refractivity contribution in [2.45, 2.75) is 13.8 Å². The molecule has 3 nitrogen and oxygen atoms in total. The van der Waals surface area contributed by atoms with Crippen molar-refractivity contribution in [3.05, 3.63) is 71.3 Å². The minimum atomic E-state index is -0.249. The van der Waals surface area contributed by atoms with Crippen molar-refractivity contribution in [1.82, 2.24) is 0 Å². The van der Waals surface area contributed by atoms with Crippen LogP contribution in [0, 0.1) is 11.3 Å². The molecule has 2 aromatic rings. The van der Waals surface area contributed by atoms with Gasteiger partial charge in [0.05, 0.1) is 0 Å². The van der Waals surface area contributed by atoms with E-state index >= 15 is 0 Å². The van der Waals surface area contributed by atoms with Gasteiger partial charge >= 0.3 is 0 Å². The van der Waals surface area contributed by atoms with Gasteiger partial charge in [-0.15, -0.1) is 0 Å². The van der Waals surface area contributed by atoms with Crippen LogP contribution in [0.3, 0.4) is 0 Å². The number of carbonyl (C=O) groups excluding carboxylic acids is 1. The standard InChI is InChI=1S/C20H20N2O/c1-3-22(4-2)19-12-10-16(11-13-19)14-18(15-21)20(23)17-8-6-5-7-9-17/h5-14H,3-4H2,1-2H3/b18-14-. The molecule has 0 aliphatic carbocycles. The molecule has 0 unspecified atom stereocenters. The molecule has 0 saturated heterocycles. The average molecular weight is 304 g/mol. The summed E-state index contributed by atoms with van der Waals surface area (Å²) in [4.78, 5) is 14.6. The van der Waals surface area contributed by atoms with E-state index in [-0.39, 0.29) is 11.4 Å². The van der Waals surface area contributed by atoms with E-state index in [1.165, 1.54) is 0 Å². The topological polar surface area (TPSA) is 44.1 Å². The summed E-state index contributed by atoms with van der Waals surface area (Å²) in [5.74, 6) is -0.249. The van der Waals surface area contributed by atoms with Crippen LogP contribution in [0.15, 0.2) is 60.2 Å². The molecule has 0 saturated carbocycles. The van der Waals surface area contributed by atoms with E-state index in [2.05, 4.69) is 18.7 Å². The maximum absolute atomic E-state index is 12.3. The number of benzene rings is 2. The van der Waals surface area contributed by atoms with Crippen LogP contribution < -0.4 is 4.90 Å². The zero-order chi connectivity index (χ0) is 16.7. The van der Waals surface area contributed by atoms with Crippen LogP contribution in [0.1, 0.15) is 29.8 Å². The largest absolute Gasteiger partial charge is 0.372 e. The molecule has 0 spiro atoms. The van der Waals surface area contributed by atoms with Gasteiger partial charge in [-0.1, -0.05) is 42.5 Å². The van der Waals surface area contributed by atoms with E-state index in [1.54, 1.807) is 30.3 Å². The zero-order valence-corrected chi connectivity index (χ0v) is 13.5. The highest BCUT2D eigenvalue weighted by Crippen LogP contribution is 2.18. The van der Waals surface area contributed by atoms with Crippen molar-refractivity contribution in [2.75, 3.05) is 18.0 Å². The van der Waals surface area contributed by atoms with Gasteiger partial charge in [-0.05, 0) is 37.6 Å². The zero-order valence-electron chi connectivity index (χ0n) is 13.5. The Kier molecular flexibility index (Phi) is 5.71. The lowest BCUT2D eigenvalue weighted by Gasteiger charge is -2.20. The summed E-state index contributed by atoms with van der Waals surface area (Å²) in [6, 6.07) is 18.8. The Bertz CT molecular complexity index is 720. The Morgan fingerprint density at radius 3 is 2.17 bits per heavy atom. The molecule has 2 rings (SSSR count). The molecule has 0 bridgehead atoms. The fourth-order valence-corrected chi connectivity index (χ4v) is 2.43. The third-order valence-electron chi connectivity index (χ3n) is 3.73. The molecule has 0 aliphatic rings. The minimum absolute atomic E-state index is 0.145. The van der Waals surface area contributed by atoms with Gasteiger partial charge < -0.3 is 4.90 Å². The van der Waals surface area contributed by atoms with Crippen molar-refractivity contribution < 1.29 is 4.79 Å². The number of carbonyl (C=O) groups is 1. The molecule has 0 aromatic heterocycles. The van der Waals surface area contributed by atoms with Crippen molar-refractivity contribution in [3.63, 3.8) is 0 Å². The number of Topliss-reactive ketones (excluding diaryl/α,β-unsaturated/α-hetero) is 1. The van der Waals surface area contributed by atoms with Crippen LogP contribution in [0.25, 0.3) is 6.08 Å². The quantitative estimate of drug-likeness (QED) is 0.453. The van der Waals surface area contributed by atoms with E-state index in [0.29, 0.717) is 5.56 Å². The summed E-state index contributed by atoms with van der Waals surface area (Å²) in [5.41, 5.74) is 2.66. The number of nitriles is 1. The molecular formula is C20H20N2O. The van der Waals surface area contributed by atoms with Crippen LogP contribution in [0.5, 0.6) is 0 Å². The molecule has 3 heteroatoms. The lowest BCUT2D eigenvalue weighted by atomic mass is 10.0. The first-order chi connectivity index (χ1) is 11.2. The predicted octanol–water partition coefficient (Wildman–Crippen LogP) is 4.32. The summed E-state index contributed by atoms with van der Waals surface area (Å²) in [7, 11) is 0. The van der Waals surface area contributed by atoms with Crippen molar-refractivity contribution in [2.24, 2.45) is 0 Å². The molecule has 2 aromatic carbocycles. The second kappa shape index (κ2) is 7.95. The predicted molar refractivity (Wildman–Crippen MR) is 94.4 cm³/mol. The number of nitrogens with zero attached hydrogens (tertiary/aromatic N) is 2. The van der Waals surface area contributed by atoms with Gasteiger partial charge in [0.25, 0.3) is 0 Å². The number of hydrogen-bond acceptors (Lipinski definition) is 3. The molecule has 0 fully saturated rings. The number of anilines is 1. The van der Waals surface area contributed by atoms with E-state index in [4.69, 9.17) is 0 Å². The van der Waals surface area contributed by atoms with E-state index < -0.39 is 0 Å². The molecule has 0 amide bonds. The molecular weight excluding hydrogens is 284 g/mol. The maximum Gasteiger partial charge on any atom is 0.203 e. The van der Waals surface area contributed by atoms with Crippen molar-refractivity contribution >= 4 is 17.5 Å². The summed E-state index contributed by atoms with van der Waals surface area (Å²) < 4.78 is 0. The number of allylic oxidation sites excluding steroid dienone is 1. The smallest absolute Gasteiger partial charge is 0.203 e. The first-order valence-electron chi connectivity index (χ1n) is 7.76. The summed E-state index contributed by atoms with van der Waals surface area (Å²) in [6.07, 6.45) is 1.64. The van der Waals surface area contributed by atoms with E-state index in [9.17, 15) is 10.1 Å². The second-order valence-corrected chi connectivity index (χ2v) is 5.13. The van der Waals surface area contributed by atoms with Gasteiger partial charge in [0, 0.05) is 24.3 Å². The number of rotatable bonds is 6. The molecule has 0 heterocycles. The van der Waals surface area contributed by atoms with Crippen molar-refractivity contribution in [1.29, 1.82) is 5.26 Å². The third-order valence-corrected chi connectivity index (χ3v) is 3.73. The fraction of sp³-hybridized carbons (Fsp3) is 0.200. The molecule has 0 atom stereocenters. The molecule has 0 radical (unpaired) electrons. The third kappa shape index (κ3) is 4.08. The average Bonchev–Trinajstić information content (AvgIpc) is 2.62. The van der Waals surface area contributed by atoms with Crippen LogP contribution in [0.4, 0.5) is 5.69 Å². The lowest BCUT2D eigenvalue weighted by molar-refractivity contribution is 0.104. The first-order valence-corrected chi connectivity index (χ1v) is 7.76. The Morgan fingerprint density at radius 1 is 1.04 bits per heavy atom. The first kappa shape index (κ1) is 16.5. The fourth-order valence-electron chi connectivity index (χ4n) is 2.43. The van der Waals surface area contributed by atoms with Crippen LogP contribution in [-0.4, -0.2) is 18.9 Å². The number of ketones is 1. The normalized spacial score (nSPS) is 10.9. The number of hydrogen-bond donors (Lipinski definition) is 0. The SMILES string of the molecule is CCN(CC)c1ccc(/C=C(/C#N)C(=O)c2ccccc2)cc1. The Morgan fingerprint density at radius 2 is 1.65 bits per heavy atom. The van der Waals surface area contributed by atoms with Gasteiger partial charge in [0.2, 0.25) is 5.78 Å². The van der Waals surface area contributed by atoms with Gasteiger partial charge in [0.15, 0.2) is 0 Å². The highest BCUT2D eigenvalue weighted by atomic mass is 16.1. The van der Waals surface area contributed by atoms with Crippen LogP contribution >= 0.6 is 0 Å². The maximum atomic E-state index is 12.3. The summed E-state index contributed by atoms with van der Waals surface area (Å²) in [5, 5.41) is 9.29. The monoisotopic (exact) mass is 304 g/mol. The van der Waals surface area contributed by atoms with E-state index in [1.807, 2.05) is 36.4 Å². The second-order valence-electron chi connectivity index (χ2n) is 5.13. The Labute approximate surface area is 137 Å². The van der Waals surface area contributed by atoms with Crippen LogP contribution in [-0.2, 0) is 0 Å². The summed E-state index contributed by atoms with van der Waals surface area (Å²) in [6.45, 7) is 6.12. The van der Waals surface area contributed by atoms with E-state index in [0.717, 1.165) is 24.3 Å². The molecule has 116 valence electrons. The van der Waals surface area contributed by atoms with Crippen molar-refractivity contribution in [3.8, 4) is 6.07 Å². The molecule has 23 heavy (non-hydrogen) atoms. The molecule has 0 N–H and O–H groups in total. The van der Waals surface area contributed by atoms with Gasteiger partial charge in [-0.3, -0.25) is 4.79 Å². The minimum Gasteiger partial charge on any atom is -0.372 e.